The van der Waals surface area contributed by atoms with Gasteiger partial charge in [-0.3, -0.25) is 0 Å². The lowest BCUT2D eigenvalue weighted by molar-refractivity contribution is 0.277. The molecule has 0 radical (unpaired) electrons. The molecule has 0 aliphatic rings. The van der Waals surface area contributed by atoms with Gasteiger partial charge in [0.2, 0.25) is 0 Å². The largest absolute Gasteiger partial charge is 0.497 e. The van der Waals surface area contributed by atoms with Gasteiger partial charge in [-0.25, -0.2) is 0 Å². The molecule has 0 rings (SSSR count). The minimum Gasteiger partial charge on any atom is -0.497 e. The van der Waals surface area contributed by atoms with Crippen LogP contribution in [0.2, 0.25) is 0 Å². The Balaban J connectivity index is 5.34. The molecule has 0 saturated heterocycles. The molecule has 0 aliphatic heterocycles. The summed E-state index contributed by atoms with van der Waals surface area (Å²) in [6, 6.07) is 0. The molecule has 0 heterocycles. The minimum atomic E-state index is 0.0147. The van der Waals surface area contributed by atoms with E-state index in [4.69, 9.17) is 17.0 Å². The Hall–Kier alpha value is -0.890. The summed E-state index contributed by atoms with van der Waals surface area (Å²) in [7, 11) is 1.63. The lowest BCUT2D eigenvalue weighted by Gasteiger charge is -2.27. The maximum atomic E-state index is 5.23. The Morgan fingerprint density at radius 3 is 2.19 bits per heavy atom. The fourth-order valence-electron chi connectivity index (χ4n) is 1.23. The summed E-state index contributed by atoms with van der Waals surface area (Å²) in [5, 5.41) is 0. The molecule has 0 N–H and O–H groups in total. The Morgan fingerprint density at radius 2 is 1.88 bits per heavy atom. The van der Waals surface area contributed by atoms with Gasteiger partial charge in [-0.15, -0.1) is 0 Å². The number of hydrogen-bond acceptors (Lipinski definition) is 2. The van der Waals surface area contributed by atoms with E-state index in [1.165, 1.54) is 0 Å². The van der Waals surface area contributed by atoms with Crippen molar-refractivity contribution in [1.82, 2.24) is 0 Å². The summed E-state index contributed by atoms with van der Waals surface area (Å²) in [6.45, 7) is 16.2. The Morgan fingerprint density at radius 1 is 1.38 bits per heavy atom. The van der Waals surface area contributed by atoms with Crippen molar-refractivity contribution in [3.63, 3.8) is 0 Å². The molecule has 1 nitrogen and oxygen atoms in total. The molecule has 0 aliphatic carbocycles. The highest BCUT2D eigenvalue weighted by molar-refractivity contribution is 7.80. The smallest absolute Gasteiger partial charge is 0.115 e. The molecule has 0 fully saturated rings. The van der Waals surface area contributed by atoms with Crippen LogP contribution >= 0.6 is 12.2 Å². The Bertz CT molecular complexity index is 335. The van der Waals surface area contributed by atoms with Crippen LogP contribution in [0, 0.1) is 5.41 Å². The lowest BCUT2D eigenvalue weighted by Crippen LogP contribution is -2.16. The average Bonchev–Trinajstić information content (AvgIpc) is 2.23. The molecule has 0 aromatic rings. The van der Waals surface area contributed by atoms with Crippen LogP contribution in [-0.4, -0.2) is 12.0 Å². The van der Waals surface area contributed by atoms with E-state index in [0.29, 0.717) is 5.76 Å². The van der Waals surface area contributed by atoms with Crippen LogP contribution in [-0.2, 0) is 4.74 Å². The summed E-state index contributed by atoms with van der Waals surface area (Å²) in [5.74, 6) is 0.684. The van der Waals surface area contributed by atoms with Crippen LogP contribution in [0.4, 0.5) is 0 Å². The van der Waals surface area contributed by atoms with E-state index in [9.17, 15) is 0 Å². The SMILES string of the molecule is C=C(C=C(C(=C)OC)C(C)(C)CC)C(C)=S. The van der Waals surface area contributed by atoms with Crippen LogP contribution in [0.3, 0.4) is 0 Å². The number of thiocarbonyl (C=S) groups is 1. The maximum Gasteiger partial charge on any atom is 0.115 e. The van der Waals surface area contributed by atoms with Gasteiger partial charge < -0.3 is 4.74 Å². The fourth-order valence-corrected chi connectivity index (χ4v) is 1.29. The van der Waals surface area contributed by atoms with E-state index in [-0.39, 0.29) is 5.41 Å². The van der Waals surface area contributed by atoms with E-state index < -0.39 is 0 Å². The van der Waals surface area contributed by atoms with E-state index >= 15 is 0 Å². The number of methoxy groups -OCH3 is 1. The second-order valence-corrected chi connectivity index (χ2v) is 5.12. The van der Waals surface area contributed by atoms with Gasteiger partial charge in [-0.2, -0.15) is 0 Å². The van der Waals surface area contributed by atoms with Gasteiger partial charge in [0.1, 0.15) is 5.76 Å². The predicted molar refractivity (Wildman–Crippen MR) is 75.7 cm³/mol. The molecule has 16 heavy (non-hydrogen) atoms. The van der Waals surface area contributed by atoms with Crippen molar-refractivity contribution < 1.29 is 4.74 Å². The second-order valence-electron chi connectivity index (χ2n) is 4.50. The molecule has 2 heteroatoms. The maximum absolute atomic E-state index is 5.23. The van der Waals surface area contributed by atoms with Crippen molar-refractivity contribution in [2.24, 2.45) is 5.41 Å². The highest BCUT2D eigenvalue weighted by Gasteiger charge is 2.24. The first kappa shape index (κ1) is 15.1. The van der Waals surface area contributed by atoms with E-state index in [2.05, 4.69) is 33.9 Å². The molecule has 0 spiro atoms. The van der Waals surface area contributed by atoms with Crippen molar-refractivity contribution in [3.8, 4) is 0 Å². The van der Waals surface area contributed by atoms with Crippen LogP contribution < -0.4 is 0 Å². The Labute approximate surface area is 105 Å². The monoisotopic (exact) mass is 238 g/mol. The number of hydrogen-bond donors (Lipinski definition) is 0. The van der Waals surface area contributed by atoms with Gasteiger partial charge in [0.15, 0.2) is 0 Å². The summed E-state index contributed by atoms with van der Waals surface area (Å²) in [6.07, 6.45) is 2.99. The van der Waals surface area contributed by atoms with Crippen LogP contribution in [0.25, 0.3) is 0 Å². The normalized spacial score (nSPS) is 12.2. The van der Waals surface area contributed by atoms with E-state index in [0.717, 1.165) is 22.4 Å². The zero-order valence-corrected chi connectivity index (χ0v) is 11.8. The Kier molecular flexibility index (Phi) is 5.66. The molecular weight excluding hydrogens is 216 g/mol. The van der Waals surface area contributed by atoms with Crippen LogP contribution in [0.15, 0.2) is 36.1 Å². The van der Waals surface area contributed by atoms with Gasteiger partial charge in [-0.05, 0) is 36.0 Å². The molecular formula is C14H22OS. The third kappa shape index (κ3) is 3.93. The zero-order valence-electron chi connectivity index (χ0n) is 11.0. The van der Waals surface area contributed by atoms with E-state index in [1.54, 1.807) is 7.11 Å². The summed E-state index contributed by atoms with van der Waals surface area (Å²) in [4.78, 5) is 0.799. The van der Waals surface area contributed by atoms with Crippen molar-refractivity contribution in [3.05, 3.63) is 36.1 Å². The topological polar surface area (TPSA) is 9.23 Å². The van der Waals surface area contributed by atoms with Crippen molar-refractivity contribution >= 4 is 17.1 Å². The molecule has 0 saturated carbocycles. The molecule has 0 aromatic carbocycles. The number of allylic oxidation sites excluding steroid dienone is 3. The van der Waals surface area contributed by atoms with Crippen molar-refractivity contribution in [1.29, 1.82) is 0 Å². The lowest BCUT2D eigenvalue weighted by atomic mass is 9.80. The summed E-state index contributed by atoms with van der Waals surface area (Å²) >= 11 is 5.10. The highest BCUT2D eigenvalue weighted by atomic mass is 32.1. The number of ether oxygens (including phenoxy) is 1. The quantitative estimate of drug-likeness (QED) is 0.292. The van der Waals surface area contributed by atoms with Gasteiger partial charge >= 0.3 is 0 Å². The van der Waals surface area contributed by atoms with Crippen LogP contribution in [0.1, 0.15) is 34.1 Å². The average molecular weight is 238 g/mol. The minimum absolute atomic E-state index is 0.0147. The van der Waals surface area contributed by atoms with E-state index in [1.807, 2.05) is 13.0 Å². The summed E-state index contributed by atoms with van der Waals surface area (Å²) < 4.78 is 5.23. The summed E-state index contributed by atoms with van der Waals surface area (Å²) in [5.41, 5.74) is 1.93. The first-order valence-corrected chi connectivity index (χ1v) is 5.82. The van der Waals surface area contributed by atoms with Crippen molar-refractivity contribution in [2.45, 2.75) is 34.1 Å². The molecule has 0 atom stereocenters. The van der Waals surface area contributed by atoms with Gasteiger partial charge in [0, 0.05) is 4.86 Å². The molecule has 0 bridgehead atoms. The molecule has 0 aromatic heterocycles. The molecule has 90 valence electrons. The highest BCUT2D eigenvalue weighted by Crippen LogP contribution is 2.35. The van der Waals surface area contributed by atoms with Gasteiger partial charge in [0.25, 0.3) is 0 Å². The third-order valence-electron chi connectivity index (χ3n) is 2.93. The predicted octanol–water partition coefficient (Wildman–Crippen LogP) is 4.46. The standard InChI is InChI=1S/C14H22OS/c1-8-14(5,6)13(11(3)15-7)9-10(2)12(4)16/h9H,2-3,8H2,1,4-7H3. The van der Waals surface area contributed by atoms with Crippen LogP contribution in [0.5, 0.6) is 0 Å². The number of rotatable bonds is 6. The fraction of sp³-hybridized carbons (Fsp3) is 0.500. The van der Waals surface area contributed by atoms with Crippen molar-refractivity contribution in [2.75, 3.05) is 7.11 Å². The van der Waals surface area contributed by atoms with Gasteiger partial charge in [-0.1, -0.05) is 46.1 Å². The zero-order chi connectivity index (χ0) is 12.9. The molecule has 0 unspecified atom stereocenters. The first-order chi connectivity index (χ1) is 7.26. The third-order valence-corrected chi connectivity index (χ3v) is 3.19. The van der Waals surface area contributed by atoms with Gasteiger partial charge in [0.05, 0.1) is 7.11 Å². The second kappa shape index (κ2) is 6.00. The molecule has 0 amide bonds. The first-order valence-electron chi connectivity index (χ1n) is 5.41.